The van der Waals surface area contributed by atoms with Gasteiger partial charge in [-0.15, -0.1) is 0 Å². The highest BCUT2D eigenvalue weighted by Crippen LogP contribution is 2.46. The third-order valence-electron chi connectivity index (χ3n) is 4.32. The van der Waals surface area contributed by atoms with Crippen LogP contribution in [0.2, 0.25) is 0 Å². The van der Waals surface area contributed by atoms with Gasteiger partial charge in [-0.1, -0.05) is 25.7 Å². The maximum atomic E-state index is 11.1. The van der Waals surface area contributed by atoms with Gasteiger partial charge in [0.25, 0.3) is 0 Å². The van der Waals surface area contributed by atoms with E-state index in [4.69, 9.17) is 0 Å². The quantitative estimate of drug-likeness (QED) is 0.669. The van der Waals surface area contributed by atoms with Crippen molar-refractivity contribution in [2.75, 3.05) is 7.11 Å². The number of methoxy groups -OCH3 is 1. The van der Waals surface area contributed by atoms with E-state index in [0.717, 1.165) is 24.2 Å². The molecule has 0 spiro atoms. The predicted molar refractivity (Wildman–Crippen MR) is 59.4 cm³/mol. The van der Waals surface area contributed by atoms with Crippen LogP contribution in [0.1, 0.15) is 51.4 Å². The molecule has 2 rings (SSSR count). The molecule has 2 aliphatic carbocycles. The van der Waals surface area contributed by atoms with E-state index in [1.54, 1.807) is 0 Å². The maximum Gasteiger partial charge on any atom is 0.305 e. The molecule has 0 amide bonds. The Bertz CT molecular complexity index is 211. The van der Waals surface area contributed by atoms with Gasteiger partial charge in [0.2, 0.25) is 0 Å². The largest absolute Gasteiger partial charge is 0.469 e. The zero-order valence-corrected chi connectivity index (χ0v) is 9.71. The van der Waals surface area contributed by atoms with Gasteiger partial charge in [-0.05, 0) is 37.0 Å². The van der Waals surface area contributed by atoms with Gasteiger partial charge in [-0.25, -0.2) is 0 Å². The summed E-state index contributed by atoms with van der Waals surface area (Å²) < 4.78 is 4.69. The molecule has 0 saturated heterocycles. The Morgan fingerprint density at radius 1 is 1.20 bits per heavy atom. The summed E-state index contributed by atoms with van der Waals surface area (Å²) in [5.41, 5.74) is 0. The Hall–Kier alpha value is -0.530. The first-order valence-corrected chi connectivity index (χ1v) is 6.36. The van der Waals surface area contributed by atoms with Gasteiger partial charge in [0.05, 0.1) is 7.11 Å². The molecule has 2 fully saturated rings. The summed E-state index contributed by atoms with van der Waals surface area (Å²) >= 11 is 0. The van der Waals surface area contributed by atoms with Crippen LogP contribution in [-0.4, -0.2) is 13.1 Å². The molecule has 2 aliphatic rings. The van der Waals surface area contributed by atoms with E-state index in [1.807, 2.05) is 0 Å². The Labute approximate surface area is 92.4 Å². The molecular formula is C13H22O2. The second-order valence-electron chi connectivity index (χ2n) is 5.26. The average molecular weight is 210 g/mol. The van der Waals surface area contributed by atoms with Crippen molar-refractivity contribution in [3.05, 3.63) is 0 Å². The van der Waals surface area contributed by atoms with E-state index in [0.29, 0.717) is 6.42 Å². The lowest BCUT2D eigenvalue weighted by molar-refractivity contribution is -0.140. The van der Waals surface area contributed by atoms with E-state index in [1.165, 1.54) is 45.6 Å². The first kappa shape index (κ1) is 11.0. The molecule has 0 N–H and O–H groups in total. The number of hydrogen-bond donors (Lipinski definition) is 0. The standard InChI is InChI=1S/C13H22O2/c1-15-13(14)7-6-10-8-11-4-2-3-5-12(11)9-10/h10-12H,2-9H2,1H3. The highest BCUT2D eigenvalue weighted by molar-refractivity contribution is 5.69. The van der Waals surface area contributed by atoms with Crippen molar-refractivity contribution in [2.45, 2.75) is 51.4 Å². The third kappa shape index (κ3) is 2.73. The predicted octanol–water partition coefficient (Wildman–Crippen LogP) is 3.16. The van der Waals surface area contributed by atoms with Crippen molar-refractivity contribution in [3.63, 3.8) is 0 Å². The molecule has 2 nitrogen and oxygen atoms in total. The van der Waals surface area contributed by atoms with Gasteiger partial charge < -0.3 is 4.74 Å². The summed E-state index contributed by atoms with van der Waals surface area (Å²) in [4.78, 5) is 11.1. The van der Waals surface area contributed by atoms with E-state index >= 15 is 0 Å². The number of fused-ring (bicyclic) bond motifs is 1. The van der Waals surface area contributed by atoms with Crippen LogP contribution >= 0.6 is 0 Å². The molecule has 0 aromatic carbocycles. The minimum absolute atomic E-state index is 0.0372. The smallest absolute Gasteiger partial charge is 0.305 e. The van der Waals surface area contributed by atoms with Crippen molar-refractivity contribution in [1.82, 2.24) is 0 Å². The van der Waals surface area contributed by atoms with Crippen molar-refractivity contribution in [1.29, 1.82) is 0 Å². The minimum atomic E-state index is -0.0372. The van der Waals surface area contributed by atoms with Crippen LogP contribution in [0.5, 0.6) is 0 Å². The molecule has 0 heterocycles. The number of carbonyl (C=O) groups is 1. The van der Waals surface area contributed by atoms with Crippen LogP contribution in [0, 0.1) is 17.8 Å². The van der Waals surface area contributed by atoms with Crippen molar-refractivity contribution in [3.8, 4) is 0 Å². The van der Waals surface area contributed by atoms with Crippen LogP contribution in [0.3, 0.4) is 0 Å². The van der Waals surface area contributed by atoms with Gasteiger partial charge in [0.1, 0.15) is 0 Å². The Kier molecular flexibility index (Phi) is 3.66. The van der Waals surface area contributed by atoms with E-state index in [-0.39, 0.29) is 5.97 Å². The summed E-state index contributed by atoms with van der Waals surface area (Å²) in [5, 5.41) is 0. The van der Waals surface area contributed by atoms with Crippen LogP contribution in [0.25, 0.3) is 0 Å². The lowest BCUT2D eigenvalue weighted by atomic mass is 9.82. The van der Waals surface area contributed by atoms with Crippen LogP contribution < -0.4 is 0 Å². The van der Waals surface area contributed by atoms with Gasteiger partial charge in [-0.3, -0.25) is 4.79 Å². The van der Waals surface area contributed by atoms with Crippen LogP contribution in [0.4, 0.5) is 0 Å². The van der Waals surface area contributed by atoms with Crippen molar-refractivity contribution in [2.24, 2.45) is 17.8 Å². The Balaban J connectivity index is 1.74. The third-order valence-corrected chi connectivity index (χ3v) is 4.32. The van der Waals surface area contributed by atoms with E-state index in [2.05, 4.69) is 4.74 Å². The van der Waals surface area contributed by atoms with Crippen LogP contribution in [0.15, 0.2) is 0 Å². The number of ether oxygens (including phenoxy) is 1. The number of esters is 1. The highest BCUT2D eigenvalue weighted by Gasteiger charge is 2.35. The molecule has 2 unspecified atom stereocenters. The lowest BCUT2D eigenvalue weighted by Crippen LogP contribution is -2.12. The zero-order valence-electron chi connectivity index (χ0n) is 9.71. The van der Waals surface area contributed by atoms with E-state index in [9.17, 15) is 4.79 Å². The summed E-state index contributed by atoms with van der Waals surface area (Å²) in [7, 11) is 1.48. The lowest BCUT2D eigenvalue weighted by Gasteiger charge is -2.24. The number of carbonyl (C=O) groups excluding carboxylic acids is 1. The maximum absolute atomic E-state index is 11.1. The fourth-order valence-electron chi connectivity index (χ4n) is 3.52. The molecule has 0 aromatic rings. The molecule has 15 heavy (non-hydrogen) atoms. The monoisotopic (exact) mass is 210 g/mol. The first-order valence-electron chi connectivity index (χ1n) is 6.36. The molecular weight excluding hydrogens is 188 g/mol. The summed E-state index contributed by atoms with van der Waals surface area (Å²) in [5.74, 6) is 2.74. The van der Waals surface area contributed by atoms with Gasteiger partial charge in [0, 0.05) is 6.42 Å². The van der Waals surface area contributed by atoms with Crippen LogP contribution in [-0.2, 0) is 9.53 Å². The molecule has 0 radical (unpaired) electrons. The Morgan fingerprint density at radius 2 is 1.80 bits per heavy atom. The molecule has 0 aromatic heterocycles. The molecule has 0 bridgehead atoms. The molecule has 2 atom stereocenters. The summed E-state index contributed by atoms with van der Waals surface area (Å²) in [6.07, 6.45) is 10.2. The number of rotatable bonds is 3. The second-order valence-corrected chi connectivity index (χ2v) is 5.26. The normalized spacial score (nSPS) is 34.9. The molecule has 86 valence electrons. The first-order chi connectivity index (χ1) is 7.29. The van der Waals surface area contributed by atoms with Crippen molar-refractivity contribution >= 4 is 5.97 Å². The molecule has 0 aliphatic heterocycles. The van der Waals surface area contributed by atoms with E-state index < -0.39 is 0 Å². The fraction of sp³-hybridized carbons (Fsp3) is 0.923. The minimum Gasteiger partial charge on any atom is -0.469 e. The zero-order chi connectivity index (χ0) is 10.7. The average Bonchev–Trinajstić information content (AvgIpc) is 2.68. The number of hydrogen-bond acceptors (Lipinski definition) is 2. The topological polar surface area (TPSA) is 26.3 Å². The van der Waals surface area contributed by atoms with Gasteiger partial charge >= 0.3 is 5.97 Å². The fourth-order valence-corrected chi connectivity index (χ4v) is 3.52. The molecule has 2 heteroatoms. The van der Waals surface area contributed by atoms with Gasteiger partial charge in [0.15, 0.2) is 0 Å². The summed E-state index contributed by atoms with van der Waals surface area (Å²) in [6, 6.07) is 0. The highest BCUT2D eigenvalue weighted by atomic mass is 16.5. The molecule has 2 saturated carbocycles. The second kappa shape index (κ2) is 5.00. The van der Waals surface area contributed by atoms with Gasteiger partial charge in [-0.2, -0.15) is 0 Å². The SMILES string of the molecule is COC(=O)CCC1CC2CCCCC2C1. The van der Waals surface area contributed by atoms with Crippen molar-refractivity contribution < 1.29 is 9.53 Å². The summed E-state index contributed by atoms with van der Waals surface area (Å²) in [6.45, 7) is 0. The Morgan fingerprint density at radius 3 is 2.33 bits per heavy atom.